The molecule has 3 aromatic heterocycles. The Morgan fingerprint density at radius 2 is 1.68 bits per heavy atom. The maximum Gasteiger partial charge on any atom is 0.160 e. The van der Waals surface area contributed by atoms with E-state index in [9.17, 15) is 0 Å². The highest BCUT2D eigenvalue weighted by atomic mass is 32.2. The summed E-state index contributed by atoms with van der Waals surface area (Å²) in [5.41, 5.74) is 15.1. The number of rotatable bonds is 5. The van der Waals surface area contributed by atoms with Gasteiger partial charge in [-0.15, -0.1) is 11.8 Å². The number of aryl methyl sites for hydroxylation is 1. The zero-order valence-electron chi connectivity index (χ0n) is 15.8. The van der Waals surface area contributed by atoms with Crippen molar-refractivity contribution in [3.8, 4) is 11.3 Å². The van der Waals surface area contributed by atoms with Crippen LogP contribution < -0.4 is 11.5 Å². The lowest BCUT2D eigenvalue weighted by Crippen LogP contribution is -2.11. The highest BCUT2D eigenvalue weighted by Crippen LogP contribution is 2.27. The number of anilines is 2. The highest BCUT2D eigenvalue weighted by Gasteiger charge is 2.14. The Labute approximate surface area is 168 Å². The van der Waals surface area contributed by atoms with Crippen molar-refractivity contribution >= 4 is 34.6 Å². The largest absolute Gasteiger partial charge is 0.384 e. The molecule has 0 aliphatic carbocycles. The second-order valence-corrected chi connectivity index (χ2v) is 8.27. The molecule has 0 saturated carbocycles. The Balaban J connectivity index is 1.67. The van der Waals surface area contributed by atoms with Gasteiger partial charge >= 0.3 is 0 Å². The van der Waals surface area contributed by atoms with Gasteiger partial charge in [0.1, 0.15) is 23.0 Å². The molecule has 0 unspecified atom stereocenters. The molecule has 28 heavy (non-hydrogen) atoms. The van der Waals surface area contributed by atoms with Crippen LogP contribution >= 0.6 is 11.8 Å². The Kier molecular flexibility index (Phi) is 4.92. The molecule has 1 aromatic carbocycles. The summed E-state index contributed by atoms with van der Waals surface area (Å²) in [6.45, 7) is 5.06. The smallest absolute Gasteiger partial charge is 0.160 e. The van der Waals surface area contributed by atoms with E-state index in [-0.39, 0.29) is 0 Å². The Hall–Kier alpha value is -3.06. The number of imidazole rings is 1. The quantitative estimate of drug-likeness (QED) is 0.497. The number of fused-ring (bicyclic) bond motifs is 1. The first-order valence-electron chi connectivity index (χ1n) is 9.08. The molecule has 4 rings (SSSR count). The number of hydrogen-bond acceptors (Lipinski definition) is 6. The molecule has 0 bridgehead atoms. The van der Waals surface area contributed by atoms with Crippen molar-refractivity contribution in [3.63, 3.8) is 0 Å². The summed E-state index contributed by atoms with van der Waals surface area (Å²) < 4.78 is 2.17. The molecule has 4 N–H and O–H groups in total. The summed E-state index contributed by atoms with van der Waals surface area (Å²) in [6, 6.07) is 17.9. The van der Waals surface area contributed by atoms with Crippen LogP contribution in [0.15, 0.2) is 59.5 Å². The SMILES string of the molecule is Cc1nc2ccc(-c3cc(N)nc(N)c3)nc2n1C[C@@H](C)Sc1ccccc1. The number of nitrogens with two attached hydrogens (primary N) is 2. The van der Waals surface area contributed by atoms with E-state index in [0.29, 0.717) is 16.9 Å². The zero-order chi connectivity index (χ0) is 19.7. The maximum atomic E-state index is 5.84. The van der Waals surface area contributed by atoms with Crippen molar-refractivity contribution in [1.82, 2.24) is 19.5 Å². The van der Waals surface area contributed by atoms with Crippen molar-refractivity contribution in [1.29, 1.82) is 0 Å². The van der Waals surface area contributed by atoms with Crippen LogP contribution in [0.25, 0.3) is 22.4 Å². The summed E-state index contributed by atoms with van der Waals surface area (Å²) in [7, 11) is 0. The summed E-state index contributed by atoms with van der Waals surface area (Å²) in [5, 5.41) is 0.371. The topological polar surface area (TPSA) is 95.6 Å². The second-order valence-electron chi connectivity index (χ2n) is 6.76. The highest BCUT2D eigenvalue weighted by molar-refractivity contribution is 7.99. The first-order chi connectivity index (χ1) is 13.5. The molecule has 1 atom stereocenters. The van der Waals surface area contributed by atoms with Gasteiger partial charge in [-0.1, -0.05) is 25.1 Å². The van der Waals surface area contributed by atoms with E-state index in [1.165, 1.54) is 4.90 Å². The average molecular weight is 391 g/mol. The monoisotopic (exact) mass is 390 g/mol. The van der Waals surface area contributed by atoms with Gasteiger partial charge in [0.25, 0.3) is 0 Å². The van der Waals surface area contributed by atoms with Gasteiger partial charge in [0, 0.05) is 22.3 Å². The Morgan fingerprint density at radius 3 is 2.39 bits per heavy atom. The number of nitrogen functional groups attached to an aromatic ring is 2. The number of benzene rings is 1. The lowest BCUT2D eigenvalue weighted by Gasteiger charge is -2.14. The summed E-state index contributed by atoms with van der Waals surface area (Å²) in [4.78, 5) is 14.8. The molecule has 0 amide bonds. The van der Waals surface area contributed by atoms with Gasteiger partial charge in [0.05, 0.1) is 5.69 Å². The number of nitrogens with zero attached hydrogens (tertiary/aromatic N) is 4. The zero-order valence-corrected chi connectivity index (χ0v) is 16.6. The van der Waals surface area contributed by atoms with Crippen molar-refractivity contribution in [2.75, 3.05) is 11.5 Å². The molecule has 0 saturated heterocycles. The third-order valence-electron chi connectivity index (χ3n) is 4.46. The van der Waals surface area contributed by atoms with Crippen molar-refractivity contribution in [2.24, 2.45) is 0 Å². The first-order valence-corrected chi connectivity index (χ1v) is 9.96. The van der Waals surface area contributed by atoms with Crippen LogP contribution in [0.5, 0.6) is 0 Å². The third kappa shape index (κ3) is 3.80. The maximum absolute atomic E-state index is 5.84. The number of aromatic nitrogens is 4. The number of pyridine rings is 2. The number of hydrogen-bond donors (Lipinski definition) is 2. The fraction of sp³-hybridized carbons (Fsp3) is 0.190. The summed E-state index contributed by atoms with van der Waals surface area (Å²) >= 11 is 1.85. The van der Waals surface area contributed by atoms with Crippen molar-refractivity contribution in [2.45, 2.75) is 30.5 Å². The fourth-order valence-electron chi connectivity index (χ4n) is 3.24. The first kappa shape index (κ1) is 18.3. The summed E-state index contributed by atoms with van der Waals surface area (Å²) in [5.74, 6) is 1.72. The standard InChI is InChI=1S/C21H22N6S/c1-13(28-16-6-4-3-5-7-16)12-27-14(2)24-18-9-8-17(25-21(18)27)15-10-19(22)26-20(23)11-15/h3-11,13H,12H2,1-2H3,(H4,22,23,26)/t13-/m1/s1. The van der Waals surface area contributed by atoms with Crippen LogP contribution in [0.4, 0.5) is 11.6 Å². The molecule has 3 heterocycles. The molecule has 6 nitrogen and oxygen atoms in total. The van der Waals surface area contributed by atoms with Gasteiger partial charge in [0.15, 0.2) is 5.65 Å². The predicted molar refractivity (Wildman–Crippen MR) is 116 cm³/mol. The van der Waals surface area contributed by atoms with Gasteiger partial charge < -0.3 is 16.0 Å². The third-order valence-corrected chi connectivity index (χ3v) is 5.56. The molecule has 0 radical (unpaired) electrons. The van der Waals surface area contributed by atoms with Crippen LogP contribution in [-0.2, 0) is 6.54 Å². The van der Waals surface area contributed by atoms with Gasteiger partial charge in [-0.3, -0.25) is 0 Å². The average Bonchev–Trinajstić information content (AvgIpc) is 2.96. The lowest BCUT2D eigenvalue weighted by atomic mass is 10.1. The van der Waals surface area contributed by atoms with E-state index in [4.69, 9.17) is 16.5 Å². The van der Waals surface area contributed by atoms with Crippen LogP contribution in [-0.4, -0.2) is 24.8 Å². The van der Waals surface area contributed by atoms with E-state index in [1.54, 1.807) is 12.1 Å². The lowest BCUT2D eigenvalue weighted by molar-refractivity contribution is 0.682. The van der Waals surface area contributed by atoms with E-state index in [1.807, 2.05) is 36.9 Å². The van der Waals surface area contributed by atoms with Gasteiger partial charge in [-0.05, 0) is 43.3 Å². The second kappa shape index (κ2) is 7.52. The molecule has 142 valence electrons. The van der Waals surface area contributed by atoms with Crippen LogP contribution in [0.1, 0.15) is 12.7 Å². The fourth-order valence-corrected chi connectivity index (χ4v) is 4.24. The van der Waals surface area contributed by atoms with Crippen LogP contribution in [0, 0.1) is 6.92 Å². The molecular weight excluding hydrogens is 368 g/mol. The molecule has 4 aromatic rings. The van der Waals surface area contributed by atoms with E-state index >= 15 is 0 Å². The van der Waals surface area contributed by atoms with Gasteiger partial charge in [-0.2, -0.15) is 0 Å². The minimum atomic E-state index is 0.371. The van der Waals surface area contributed by atoms with Gasteiger partial charge in [-0.25, -0.2) is 15.0 Å². The molecule has 0 aliphatic heterocycles. The summed E-state index contributed by atoms with van der Waals surface area (Å²) in [6.07, 6.45) is 0. The Bertz CT molecular complexity index is 1100. The molecule has 7 heteroatoms. The van der Waals surface area contributed by atoms with Crippen molar-refractivity contribution in [3.05, 3.63) is 60.4 Å². The molecule has 0 aliphatic rings. The minimum Gasteiger partial charge on any atom is -0.384 e. The predicted octanol–water partition coefficient (Wildman–Crippen LogP) is 4.15. The van der Waals surface area contributed by atoms with E-state index in [2.05, 4.69) is 45.7 Å². The van der Waals surface area contributed by atoms with E-state index in [0.717, 1.165) is 34.8 Å². The van der Waals surface area contributed by atoms with Crippen LogP contribution in [0.2, 0.25) is 0 Å². The van der Waals surface area contributed by atoms with Crippen molar-refractivity contribution < 1.29 is 0 Å². The molecule has 0 fully saturated rings. The molecular formula is C21H22N6S. The molecule has 0 spiro atoms. The number of thioether (sulfide) groups is 1. The van der Waals surface area contributed by atoms with Gasteiger partial charge in [0.2, 0.25) is 0 Å². The Morgan fingerprint density at radius 1 is 0.964 bits per heavy atom. The minimum absolute atomic E-state index is 0.371. The van der Waals surface area contributed by atoms with Crippen LogP contribution in [0.3, 0.4) is 0 Å². The van der Waals surface area contributed by atoms with E-state index < -0.39 is 0 Å². The normalized spacial score (nSPS) is 12.4.